The second kappa shape index (κ2) is 6.37. The minimum Gasteiger partial charge on any atom is -0.481 e. The lowest BCUT2D eigenvalue weighted by Gasteiger charge is -2.28. The lowest BCUT2D eigenvalue weighted by molar-refractivity contribution is -0.138. The van der Waals surface area contributed by atoms with Crippen LogP contribution in [-0.4, -0.2) is 23.5 Å². The topological polar surface area (TPSA) is 92.4 Å². The zero-order valence-electron chi connectivity index (χ0n) is 11.3. The molecule has 0 aliphatic heterocycles. The van der Waals surface area contributed by atoms with Gasteiger partial charge in [-0.25, -0.2) is 0 Å². The van der Waals surface area contributed by atoms with Crippen molar-refractivity contribution >= 4 is 23.2 Å². The molecule has 1 aliphatic carbocycles. The monoisotopic (exact) mass is 296 g/mol. The van der Waals surface area contributed by atoms with Crippen molar-refractivity contribution < 1.29 is 14.7 Å². The fourth-order valence-electron chi connectivity index (χ4n) is 2.77. The second-order valence-electron chi connectivity index (χ2n) is 5.33. The van der Waals surface area contributed by atoms with Gasteiger partial charge in [0.05, 0.1) is 17.9 Å². The third-order valence-corrected chi connectivity index (χ3v) is 4.99. The van der Waals surface area contributed by atoms with Crippen molar-refractivity contribution in [2.75, 3.05) is 6.54 Å². The summed E-state index contributed by atoms with van der Waals surface area (Å²) in [7, 11) is 0. The van der Waals surface area contributed by atoms with Gasteiger partial charge in [0, 0.05) is 11.4 Å². The number of thiophene rings is 1. The summed E-state index contributed by atoms with van der Waals surface area (Å²) in [6.07, 6.45) is 3.49. The highest BCUT2D eigenvalue weighted by Gasteiger charge is 2.40. The maximum Gasteiger partial charge on any atom is 0.305 e. The van der Waals surface area contributed by atoms with Crippen LogP contribution in [0.25, 0.3) is 0 Å². The first-order chi connectivity index (χ1) is 9.57. The van der Waals surface area contributed by atoms with E-state index < -0.39 is 17.4 Å². The molecule has 5 nitrogen and oxygen atoms in total. The number of carboxylic acid groups (broad SMARTS) is 1. The molecule has 1 aromatic rings. The van der Waals surface area contributed by atoms with Crippen LogP contribution in [0.3, 0.4) is 0 Å². The summed E-state index contributed by atoms with van der Waals surface area (Å²) in [6, 6.07) is 3.24. The van der Waals surface area contributed by atoms with Crippen LogP contribution in [0, 0.1) is 5.41 Å². The Morgan fingerprint density at radius 2 is 2.15 bits per heavy atom. The maximum atomic E-state index is 12.5. The fourth-order valence-corrected chi connectivity index (χ4v) is 3.55. The second-order valence-corrected chi connectivity index (χ2v) is 6.31. The molecule has 1 aliphatic rings. The molecule has 0 saturated heterocycles. The van der Waals surface area contributed by atoms with E-state index in [-0.39, 0.29) is 12.3 Å². The van der Waals surface area contributed by atoms with Gasteiger partial charge in [-0.3, -0.25) is 9.59 Å². The highest BCUT2D eigenvalue weighted by atomic mass is 32.1. The number of aliphatic carboxylic acids is 1. The highest BCUT2D eigenvalue weighted by molar-refractivity contribution is 7.10. The molecule has 2 rings (SSSR count). The van der Waals surface area contributed by atoms with Crippen molar-refractivity contribution in [3.05, 3.63) is 22.4 Å². The number of carbonyl (C=O) groups excluding carboxylic acids is 1. The molecule has 1 saturated carbocycles. The van der Waals surface area contributed by atoms with Crippen LogP contribution in [0.2, 0.25) is 0 Å². The molecular weight excluding hydrogens is 276 g/mol. The molecule has 1 heterocycles. The summed E-state index contributed by atoms with van der Waals surface area (Å²) in [5, 5.41) is 13.8. The van der Waals surface area contributed by atoms with Gasteiger partial charge in [0.1, 0.15) is 0 Å². The van der Waals surface area contributed by atoms with Gasteiger partial charge in [-0.2, -0.15) is 0 Å². The Bertz CT molecular complexity index is 467. The lowest BCUT2D eigenvalue weighted by Crippen LogP contribution is -2.45. The van der Waals surface area contributed by atoms with E-state index in [1.807, 2.05) is 17.5 Å². The van der Waals surface area contributed by atoms with Crippen molar-refractivity contribution in [2.24, 2.45) is 11.1 Å². The summed E-state index contributed by atoms with van der Waals surface area (Å²) in [6.45, 7) is 0.322. The molecule has 1 atom stereocenters. The van der Waals surface area contributed by atoms with Gasteiger partial charge in [0.25, 0.3) is 0 Å². The van der Waals surface area contributed by atoms with Crippen LogP contribution in [0.5, 0.6) is 0 Å². The minimum absolute atomic E-state index is 0.0999. The van der Waals surface area contributed by atoms with Crippen LogP contribution >= 0.6 is 11.3 Å². The van der Waals surface area contributed by atoms with Crippen molar-refractivity contribution in [3.63, 3.8) is 0 Å². The van der Waals surface area contributed by atoms with Crippen LogP contribution in [0.1, 0.15) is 43.0 Å². The number of hydrogen-bond acceptors (Lipinski definition) is 4. The van der Waals surface area contributed by atoms with Crippen molar-refractivity contribution in [2.45, 2.75) is 38.1 Å². The van der Waals surface area contributed by atoms with Crippen molar-refractivity contribution in [1.29, 1.82) is 0 Å². The predicted octanol–water partition coefficient (Wildman–Crippen LogP) is 1.90. The van der Waals surface area contributed by atoms with E-state index in [1.54, 1.807) is 0 Å². The van der Waals surface area contributed by atoms with E-state index in [0.29, 0.717) is 6.54 Å². The molecule has 1 aromatic heterocycles. The molecule has 0 aromatic carbocycles. The Kier molecular flexibility index (Phi) is 4.77. The van der Waals surface area contributed by atoms with E-state index in [1.165, 1.54) is 11.3 Å². The average molecular weight is 296 g/mol. The number of carboxylic acids is 1. The van der Waals surface area contributed by atoms with E-state index in [0.717, 1.165) is 30.6 Å². The number of nitrogens with two attached hydrogens (primary N) is 1. The van der Waals surface area contributed by atoms with Gasteiger partial charge in [-0.05, 0) is 24.3 Å². The van der Waals surface area contributed by atoms with Gasteiger partial charge in [-0.1, -0.05) is 18.9 Å². The first-order valence-corrected chi connectivity index (χ1v) is 7.71. The van der Waals surface area contributed by atoms with E-state index in [2.05, 4.69) is 5.32 Å². The van der Waals surface area contributed by atoms with Gasteiger partial charge < -0.3 is 16.2 Å². The molecule has 1 unspecified atom stereocenters. The fraction of sp³-hybridized carbons (Fsp3) is 0.571. The third kappa shape index (κ3) is 3.19. The van der Waals surface area contributed by atoms with Crippen LogP contribution in [-0.2, 0) is 9.59 Å². The third-order valence-electron chi connectivity index (χ3n) is 4.00. The van der Waals surface area contributed by atoms with Crippen LogP contribution < -0.4 is 11.1 Å². The normalized spacial score (nSPS) is 18.6. The molecule has 0 bridgehead atoms. The van der Waals surface area contributed by atoms with E-state index in [9.17, 15) is 9.59 Å². The summed E-state index contributed by atoms with van der Waals surface area (Å²) < 4.78 is 0. The number of rotatable bonds is 6. The lowest BCUT2D eigenvalue weighted by atomic mass is 9.85. The van der Waals surface area contributed by atoms with E-state index in [4.69, 9.17) is 10.8 Å². The summed E-state index contributed by atoms with van der Waals surface area (Å²) in [4.78, 5) is 24.4. The SMILES string of the molecule is NCC1(C(=O)NC(CC(=O)O)c2cccs2)CCCC1. The Morgan fingerprint density at radius 3 is 2.65 bits per heavy atom. The quantitative estimate of drug-likeness (QED) is 0.747. The van der Waals surface area contributed by atoms with Crippen LogP contribution in [0.4, 0.5) is 0 Å². The Balaban J connectivity index is 2.11. The number of nitrogens with one attached hydrogen (secondary N) is 1. The van der Waals surface area contributed by atoms with Crippen molar-refractivity contribution in [1.82, 2.24) is 5.32 Å². The smallest absolute Gasteiger partial charge is 0.305 e. The molecular formula is C14H20N2O3S. The van der Waals surface area contributed by atoms with Gasteiger partial charge in [-0.15, -0.1) is 11.3 Å². The Morgan fingerprint density at radius 1 is 1.45 bits per heavy atom. The summed E-state index contributed by atoms with van der Waals surface area (Å²) in [5.41, 5.74) is 5.28. The molecule has 20 heavy (non-hydrogen) atoms. The molecule has 110 valence electrons. The van der Waals surface area contributed by atoms with Gasteiger partial charge in [0.2, 0.25) is 5.91 Å². The van der Waals surface area contributed by atoms with Crippen molar-refractivity contribution in [3.8, 4) is 0 Å². The van der Waals surface area contributed by atoms with Crippen LogP contribution in [0.15, 0.2) is 17.5 Å². The number of hydrogen-bond donors (Lipinski definition) is 3. The zero-order valence-corrected chi connectivity index (χ0v) is 12.1. The van der Waals surface area contributed by atoms with Gasteiger partial charge in [0.15, 0.2) is 0 Å². The minimum atomic E-state index is -0.920. The molecule has 1 amide bonds. The number of carbonyl (C=O) groups is 2. The standard InChI is InChI=1S/C14H20N2O3S/c15-9-14(5-1-2-6-14)13(19)16-10(8-12(17)18)11-4-3-7-20-11/h3-4,7,10H,1-2,5-6,8-9,15H2,(H,16,19)(H,17,18). The zero-order chi connectivity index (χ0) is 14.6. The molecule has 0 radical (unpaired) electrons. The Labute approximate surface area is 122 Å². The highest BCUT2D eigenvalue weighted by Crippen LogP contribution is 2.38. The first kappa shape index (κ1) is 15.0. The largest absolute Gasteiger partial charge is 0.481 e. The Hall–Kier alpha value is -1.40. The summed E-state index contributed by atoms with van der Waals surface area (Å²) in [5.74, 6) is -1.02. The molecule has 6 heteroatoms. The number of amides is 1. The first-order valence-electron chi connectivity index (χ1n) is 6.84. The summed E-state index contributed by atoms with van der Waals surface area (Å²) >= 11 is 1.45. The maximum absolute atomic E-state index is 12.5. The molecule has 4 N–H and O–H groups in total. The molecule has 1 fully saturated rings. The molecule has 0 spiro atoms. The predicted molar refractivity (Wildman–Crippen MR) is 77.4 cm³/mol. The van der Waals surface area contributed by atoms with Gasteiger partial charge >= 0.3 is 5.97 Å². The average Bonchev–Trinajstić information content (AvgIpc) is 3.09. The van der Waals surface area contributed by atoms with E-state index >= 15 is 0 Å².